The summed E-state index contributed by atoms with van der Waals surface area (Å²) in [4.78, 5) is 0. The third kappa shape index (κ3) is 1.48. The fourth-order valence-corrected chi connectivity index (χ4v) is 2.53. The molecule has 1 aliphatic rings. The van der Waals surface area contributed by atoms with Gasteiger partial charge in [-0.25, -0.2) is 0 Å². The lowest BCUT2D eigenvalue weighted by atomic mass is 10.0. The van der Waals surface area contributed by atoms with Gasteiger partial charge < -0.3 is 0 Å². The van der Waals surface area contributed by atoms with E-state index >= 15 is 0 Å². The Hall–Kier alpha value is -0.490. The third-order valence-corrected chi connectivity index (χ3v) is 3.38. The lowest BCUT2D eigenvalue weighted by Gasteiger charge is -2.06. The summed E-state index contributed by atoms with van der Waals surface area (Å²) in [6.45, 7) is 4.61. The second-order valence-corrected chi connectivity index (χ2v) is 4.40. The minimum Gasteiger partial charge on any atom is -0.122 e. The highest BCUT2D eigenvalue weighted by Gasteiger charge is 2.24. The summed E-state index contributed by atoms with van der Waals surface area (Å²) in [7, 11) is 0. The molecule has 2 rings (SSSR count). The number of alkyl halides is 1. The minimum absolute atomic E-state index is 0.633. The Kier molecular flexibility index (Phi) is 2.33. The number of hydrogen-bond donors (Lipinski definition) is 0. The summed E-state index contributed by atoms with van der Waals surface area (Å²) >= 11 is 5.81. The lowest BCUT2D eigenvalue weighted by Crippen LogP contribution is -1.89. The van der Waals surface area contributed by atoms with Crippen molar-refractivity contribution < 1.29 is 0 Å². The molecule has 1 heteroatoms. The molecule has 0 saturated carbocycles. The van der Waals surface area contributed by atoms with Crippen molar-refractivity contribution in [2.75, 3.05) is 0 Å². The maximum Gasteiger partial charge on any atom is 0.0474 e. The molecule has 1 aromatic rings. The van der Waals surface area contributed by atoms with Crippen LogP contribution in [0.25, 0.3) is 0 Å². The highest BCUT2D eigenvalue weighted by molar-refractivity contribution is 6.17. The van der Waals surface area contributed by atoms with Crippen LogP contribution in [0, 0.1) is 0 Å². The molecule has 1 aromatic carbocycles. The van der Waals surface area contributed by atoms with Gasteiger partial charge in [0, 0.05) is 5.88 Å². The Labute approximate surface area is 84.9 Å². The molecule has 70 valence electrons. The fourth-order valence-electron chi connectivity index (χ4n) is 2.37. The molecule has 0 aliphatic heterocycles. The first kappa shape index (κ1) is 9.08. The molecule has 0 saturated heterocycles. The van der Waals surface area contributed by atoms with Gasteiger partial charge in [-0.15, -0.1) is 11.6 Å². The number of benzene rings is 1. The van der Waals surface area contributed by atoms with Crippen LogP contribution in [0.1, 0.15) is 48.8 Å². The van der Waals surface area contributed by atoms with Gasteiger partial charge in [0.1, 0.15) is 0 Å². The second-order valence-electron chi connectivity index (χ2n) is 4.13. The molecule has 0 heterocycles. The molecule has 2 atom stereocenters. The van der Waals surface area contributed by atoms with Gasteiger partial charge in [0.2, 0.25) is 0 Å². The number of rotatable bonds is 1. The van der Waals surface area contributed by atoms with Crippen molar-refractivity contribution in [1.82, 2.24) is 0 Å². The van der Waals surface area contributed by atoms with Gasteiger partial charge in [-0.1, -0.05) is 32.0 Å². The van der Waals surface area contributed by atoms with Crippen LogP contribution >= 0.6 is 11.6 Å². The first-order chi connectivity index (χ1) is 6.22. The summed E-state index contributed by atoms with van der Waals surface area (Å²) in [5, 5.41) is 0. The van der Waals surface area contributed by atoms with Gasteiger partial charge in [-0.2, -0.15) is 0 Å². The van der Waals surface area contributed by atoms with E-state index in [1.54, 1.807) is 0 Å². The van der Waals surface area contributed by atoms with Gasteiger partial charge >= 0.3 is 0 Å². The molecule has 2 unspecified atom stereocenters. The van der Waals surface area contributed by atoms with Crippen LogP contribution in [-0.4, -0.2) is 0 Å². The van der Waals surface area contributed by atoms with Crippen LogP contribution in [-0.2, 0) is 5.88 Å². The smallest absolute Gasteiger partial charge is 0.0474 e. The van der Waals surface area contributed by atoms with E-state index in [2.05, 4.69) is 32.0 Å². The van der Waals surface area contributed by atoms with Crippen LogP contribution < -0.4 is 0 Å². The van der Waals surface area contributed by atoms with E-state index in [9.17, 15) is 0 Å². The summed E-state index contributed by atoms with van der Waals surface area (Å²) in [6, 6.07) is 6.68. The topological polar surface area (TPSA) is 0 Å². The van der Waals surface area contributed by atoms with Crippen molar-refractivity contribution in [2.24, 2.45) is 0 Å². The standard InChI is InChI=1S/C12H15Cl/c1-8-5-9(2)12-6-10(7-13)3-4-11(8)12/h3-4,6,8-9H,5,7H2,1-2H3. The normalized spacial score (nSPS) is 26.1. The van der Waals surface area contributed by atoms with E-state index in [0.29, 0.717) is 11.8 Å². The molecule has 0 aromatic heterocycles. The predicted molar refractivity (Wildman–Crippen MR) is 57.4 cm³/mol. The van der Waals surface area contributed by atoms with E-state index in [4.69, 9.17) is 11.6 Å². The zero-order valence-electron chi connectivity index (χ0n) is 8.18. The number of fused-ring (bicyclic) bond motifs is 1. The zero-order chi connectivity index (χ0) is 9.42. The fraction of sp³-hybridized carbons (Fsp3) is 0.500. The Morgan fingerprint density at radius 2 is 1.92 bits per heavy atom. The Morgan fingerprint density at radius 3 is 2.62 bits per heavy atom. The number of halogens is 1. The van der Waals surface area contributed by atoms with Crippen LogP contribution in [0.2, 0.25) is 0 Å². The molecule has 0 radical (unpaired) electrons. The van der Waals surface area contributed by atoms with Gasteiger partial charge in [0.05, 0.1) is 0 Å². The predicted octanol–water partition coefficient (Wildman–Crippen LogP) is 4.04. The van der Waals surface area contributed by atoms with Gasteiger partial charge in [0.25, 0.3) is 0 Å². The Bertz CT molecular complexity index is 317. The molecule has 0 N–H and O–H groups in total. The first-order valence-electron chi connectivity index (χ1n) is 4.91. The van der Waals surface area contributed by atoms with E-state index in [-0.39, 0.29) is 0 Å². The molecule has 13 heavy (non-hydrogen) atoms. The maximum absolute atomic E-state index is 5.81. The van der Waals surface area contributed by atoms with Crippen molar-refractivity contribution in [3.63, 3.8) is 0 Å². The van der Waals surface area contributed by atoms with E-state index < -0.39 is 0 Å². The highest BCUT2D eigenvalue weighted by atomic mass is 35.5. The molecular weight excluding hydrogens is 180 g/mol. The zero-order valence-corrected chi connectivity index (χ0v) is 8.93. The molecule has 0 spiro atoms. The SMILES string of the molecule is CC1CC(C)c2cc(CCl)ccc21. The van der Waals surface area contributed by atoms with E-state index in [1.807, 2.05) is 0 Å². The Morgan fingerprint density at radius 1 is 1.23 bits per heavy atom. The van der Waals surface area contributed by atoms with Crippen molar-refractivity contribution in [3.8, 4) is 0 Å². The molecule has 0 nitrogen and oxygen atoms in total. The van der Waals surface area contributed by atoms with Gasteiger partial charge in [-0.05, 0) is 34.9 Å². The van der Waals surface area contributed by atoms with Crippen LogP contribution in [0.5, 0.6) is 0 Å². The maximum atomic E-state index is 5.81. The van der Waals surface area contributed by atoms with Crippen molar-refractivity contribution in [1.29, 1.82) is 0 Å². The summed E-state index contributed by atoms with van der Waals surface area (Å²) in [5.74, 6) is 2.08. The van der Waals surface area contributed by atoms with Gasteiger partial charge in [0.15, 0.2) is 0 Å². The first-order valence-corrected chi connectivity index (χ1v) is 5.44. The highest BCUT2D eigenvalue weighted by Crippen LogP contribution is 2.41. The summed E-state index contributed by atoms with van der Waals surface area (Å²) in [5.41, 5.74) is 4.30. The molecule has 0 bridgehead atoms. The second kappa shape index (κ2) is 3.34. The van der Waals surface area contributed by atoms with E-state index in [0.717, 1.165) is 5.92 Å². The van der Waals surface area contributed by atoms with Crippen LogP contribution in [0.15, 0.2) is 18.2 Å². The van der Waals surface area contributed by atoms with Crippen LogP contribution in [0.4, 0.5) is 0 Å². The molecule has 0 fully saturated rings. The summed E-state index contributed by atoms with van der Waals surface area (Å²) < 4.78 is 0. The quantitative estimate of drug-likeness (QED) is 0.592. The average molecular weight is 195 g/mol. The molecular formula is C12H15Cl. The number of hydrogen-bond acceptors (Lipinski definition) is 0. The van der Waals surface area contributed by atoms with Gasteiger partial charge in [-0.3, -0.25) is 0 Å². The molecule has 0 amide bonds. The van der Waals surface area contributed by atoms with Crippen molar-refractivity contribution in [3.05, 3.63) is 34.9 Å². The monoisotopic (exact) mass is 194 g/mol. The minimum atomic E-state index is 0.633. The lowest BCUT2D eigenvalue weighted by molar-refractivity contribution is 0.661. The van der Waals surface area contributed by atoms with Crippen molar-refractivity contribution >= 4 is 11.6 Å². The van der Waals surface area contributed by atoms with E-state index in [1.165, 1.54) is 23.1 Å². The molecule has 1 aliphatic carbocycles. The van der Waals surface area contributed by atoms with Crippen molar-refractivity contribution in [2.45, 2.75) is 38.0 Å². The summed E-state index contributed by atoms with van der Waals surface area (Å²) in [6.07, 6.45) is 1.29. The largest absolute Gasteiger partial charge is 0.122 e. The third-order valence-electron chi connectivity index (χ3n) is 3.07. The average Bonchev–Trinajstić information content (AvgIpc) is 2.42. The van der Waals surface area contributed by atoms with Crippen LogP contribution in [0.3, 0.4) is 0 Å². The Balaban J connectivity index is 2.46.